The number of carbonyl (C=O) groups excluding carboxylic acids is 5. The highest BCUT2D eigenvalue weighted by Crippen LogP contribution is 2.13. The number of phenols is 1. The number of hydrogen-bond acceptors (Lipinski definition) is 6. The zero-order valence-electron chi connectivity index (χ0n) is 28.6. The van der Waals surface area contributed by atoms with Gasteiger partial charge in [0.1, 0.15) is 29.9 Å². The van der Waals surface area contributed by atoms with Crippen molar-refractivity contribution in [2.75, 3.05) is 0 Å². The summed E-state index contributed by atoms with van der Waals surface area (Å²) in [4.78, 5) is 66.3. The van der Waals surface area contributed by atoms with Crippen molar-refractivity contribution in [1.29, 1.82) is 0 Å². The molecular formula is C38H49N5O6. The molecule has 0 spiro atoms. The minimum atomic E-state index is -1.10. The molecule has 0 aromatic heterocycles. The van der Waals surface area contributed by atoms with Crippen molar-refractivity contribution in [1.82, 2.24) is 21.3 Å². The number of phenolic OH excluding ortho intramolecular Hbond substituents is 1. The molecule has 0 aliphatic heterocycles. The topological polar surface area (TPSA) is 180 Å². The Morgan fingerprint density at radius 3 is 1.59 bits per heavy atom. The van der Waals surface area contributed by atoms with E-state index >= 15 is 0 Å². The number of primary amides is 1. The van der Waals surface area contributed by atoms with Gasteiger partial charge in [-0.3, -0.25) is 24.0 Å². The molecule has 3 aromatic rings. The number of aryl methyl sites for hydroxylation is 1. The van der Waals surface area contributed by atoms with Crippen LogP contribution in [-0.2, 0) is 43.2 Å². The molecule has 0 fully saturated rings. The molecule has 0 aliphatic carbocycles. The van der Waals surface area contributed by atoms with Crippen molar-refractivity contribution in [3.05, 3.63) is 102 Å². The normalized spacial score (nSPS) is 13.5. The third-order valence-electron chi connectivity index (χ3n) is 8.04. The number of hydrogen-bond donors (Lipinski definition) is 6. The quantitative estimate of drug-likeness (QED) is 0.121. The minimum Gasteiger partial charge on any atom is -0.508 e. The maximum absolute atomic E-state index is 13.9. The van der Waals surface area contributed by atoms with Gasteiger partial charge in [0.15, 0.2) is 0 Å². The molecule has 0 saturated carbocycles. The number of nitrogens with one attached hydrogen (secondary N) is 4. The van der Waals surface area contributed by atoms with E-state index in [1.54, 1.807) is 38.1 Å². The lowest BCUT2D eigenvalue weighted by Crippen LogP contribution is -2.60. The Bertz CT molecular complexity index is 1530. The summed E-state index contributed by atoms with van der Waals surface area (Å²) in [6.45, 7) is 7.34. The molecule has 11 heteroatoms. The SMILES string of the molecule is CC(C)C[C@@H](NC(=O)[C@H](NC(=O)[C@@H](Cc1ccccc1)NC(=O)[C@@H](Cc1ccccc1)NC(=O)CCc1ccc(O)cc1)C(C)C)C(N)=O. The van der Waals surface area contributed by atoms with Crippen molar-refractivity contribution < 1.29 is 29.1 Å². The van der Waals surface area contributed by atoms with E-state index in [0.29, 0.717) is 12.8 Å². The lowest BCUT2D eigenvalue weighted by atomic mass is 9.98. The van der Waals surface area contributed by atoms with E-state index in [1.807, 2.05) is 74.5 Å². The molecule has 3 rings (SSSR count). The van der Waals surface area contributed by atoms with Gasteiger partial charge in [0.2, 0.25) is 29.5 Å². The van der Waals surface area contributed by atoms with Gasteiger partial charge in [-0.05, 0) is 53.5 Å². The summed E-state index contributed by atoms with van der Waals surface area (Å²) >= 11 is 0. The molecule has 5 amide bonds. The average molecular weight is 672 g/mol. The van der Waals surface area contributed by atoms with Crippen LogP contribution in [0.25, 0.3) is 0 Å². The molecule has 0 unspecified atom stereocenters. The molecule has 11 nitrogen and oxygen atoms in total. The predicted molar refractivity (Wildman–Crippen MR) is 188 cm³/mol. The summed E-state index contributed by atoms with van der Waals surface area (Å²) in [6.07, 6.45) is 1.15. The van der Waals surface area contributed by atoms with Crippen molar-refractivity contribution in [2.24, 2.45) is 17.6 Å². The second-order valence-corrected chi connectivity index (χ2v) is 13.1. The van der Waals surface area contributed by atoms with E-state index in [2.05, 4.69) is 21.3 Å². The first kappa shape index (κ1) is 38.3. The Morgan fingerprint density at radius 2 is 1.10 bits per heavy atom. The van der Waals surface area contributed by atoms with Crippen LogP contribution in [0.15, 0.2) is 84.9 Å². The smallest absolute Gasteiger partial charge is 0.243 e. The van der Waals surface area contributed by atoms with Crippen molar-refractivity contribution in [2.45, 2.75) is 84.0 Å². The van der Waals surface area contributed by atoms with Crippen molar-refractivity contribution in [3.63, 3.8) is 0 Å². The number of benzene rings is 3. The maximum Gasteiger partial charge on any atom is 0.243 e. The summed E-state index contributed by atoms with van der Waals surface area (Å²) in [7, 11) is 0. The van der Waals surface area contributed by atoms with Crippen LogP contribution in [0.5, 0.6) is 5.75 Å². The van der Waals surface area contributed by atoms with Crippen LogP contribution >= 0.6 is 0 Å². The van der Waals surface area contributed by atoms with Crippen molar-refractivity contribution in [3.8, 4) is 5.75 Å². The minimum absolute atomic E-state index is 0.0903. The Labute approximate surface area is 288 Å². The predicted octanol–water partition coefficient (Wildman–Crippen LogP) is 2.94. The van der Waals surface area contributed by atoms with Gasteiger partial charge in [-0.15, -0.1) is 0 Å². The summed E-state index contributed by atoms with van der Waals surface area (Å²) in [5.74, 6) is -2.87. The molecule has 0 bridgehead atoms. The Hall–Kier alpha value is -5.19. The molecule has 4 atom stereocenters. The molecule has 0 heterocycles. The van der Waals surface area contributed by atoms with E-state index in [9.17, 15) is 29.1 Å². The second kappa shape index (κ2) is 19.0. The molecule has 49 heavy (non-hydrogen) atoms. The zero-order chi connectivity index (χ0) is 35.9. The van der Waals surface area contributed by atoms with Gasteiger partial charge in [0, 0.05) is 19.3 Å². The fraction of sp³-hybridized carbons (Fsp3) is 0.395. The molecule has 0 aliphatic rings. The summed E-state index contributed by atoms with van der Waals surface area (Å²) < 4.78 is 0. The van der Waals surface area contributed by atoms with Gasteiger partial charge in [0.05, 0.1) is 0 Å². The standard InChI is InChI=1S/C38H49N5O6/c1-24(2)21-30(35(39)46)41-38(49)34(25(3)4)43-37(48)32(23-28-13-9-6-10-14-28)42-36(47)31(22-27-11-7-5-8-12-27)40-33(45)20-17-26-15-18-29(44)19-16-26/h5-16,18-19,24-25,30-32,34,44H,17,20-23H2,1-4H3,(H2,39,46)(H,40,45)(H,41,49)(H,42,47)(H,43,48)/t30-,31-,32-,34-/m1/s1. The molecule has 3 aromatic carbocycles. The van der Waals surface area contributed by atoms with Crippen LogP contribution in [0, 0.1) is 11.8 Å². The lowest BCUT2D eigenvalue weighted by molar-refractivity contribution is -0.135. The van der Waals surface area contributed by atoms with E-state index in [4.69, 9.17) is 5.73 Å². The van der Waals surface area contributed by atoms with Gasteiger partial charge in [-0.1, -0.05) is 100 Å². The number of rotatable bonds is 18. The first-order chi connectivity index (χ1) is 23.3. The van der Waals surface area contributed by atoms with Crippen LogP contribution < -0.4 is 27.0 Å². The molecule has 0 radical (unpaired) electrons. The highest BCUT2D eigenvalue weighted by molar-refractivity contribution is 5.95. The number of carbonyl (C=O) groups is 5. The number of nitrogens with two attached hydrogens (primary N) is 1. The number of aromatic hydroxyl groups is 1. The number of amides is 5. The van der Waals surface area contributed by atoms with Crippen LogP contribution in [-0.4, -0.2) is 58.8 Å². The zero-order valence-corrected chi connectivity index (χ0v) is 28.6. The van der Waals surface area contributed by atoms with Gasteiger partial charge >= 0.3 is 0 Å². The fourth-order valence-corrected chi connectivity index (χ4v) is 5.35. The summed E-state index contributed by atoms with van der Waals surface area (Å²) in [5, 5.41) is 20.7. The van der Waals surface area contributed by atoms with Gasteiger partial charge < -0.3 is 32.1 Å². The van der Waals surface area contributed by atoms with Crippen LogP contribution in [0.2, 0.25) is 0 Å². The Kier molecular flexibility index (Phi) is 14.8. The van der Waals surface area contributed by atoms with E-state index in [0.717, 1.165) is 16.7 Å². The highest BCUT2D eigenvalue weighted by Gasteiger charge is 2.32. The third-order valence-corrected chi connectivity index (χ3v) is 8.04. The van der Waals surface area contributed by atoms with E-state index in [1.165, 1.54) is 0 Å². The highest BCUT2D eigenvalue weighted by atomic mass is 16.3. The van der Waals surface area contributed by atoms with Crippen LogP contribution in [0.3, 0.4) is 0 Å². The molecule has 262 valence electrons. The maximum atomic E-state index is 13.9. The fourth-order valence-electron chi connectivity index (χ4n) is 5.35. The van der Waals surface area contributed by atoms with E-state index in [-0.39, 0.29) is 42.8 Å². The first-order valence-electron chi connectivity index (χ1n) is 16.7. The van der Waals surface area contributed by atoms with Gasteiger partial charge in [-0.25, -0.2) is 0 Å². The Balaban J connectivity index is 1.82. The second-order valence-electron chi connectivity index (χ2n) is 13.1. The van der Waals surface area contributed by atoms with Crippen LogP contribution in [0.4, 0.5) is 0 Å². The third kappa shape index (κ3) is 13.1. The van der Waals surface area contributed by atoms with Crippen molar-refractivity contribution >= 4 is 29.5 Å². The summed E-state index contributed by atoms with van der Waals surface area (Å²) in [5.41, 5.74) is 7.98. The first-order valence-corrected chi connectivity index (χ1v) is 16.7. The van der Waals surface area contributed by atoms with E-state index < -0.39 is 47.8 Å². The molecular weight excluding hydrogens is 622 g/mol. The monoisotopic (exact) mass is 671 g/mol. The largest absolute Gasteiger partial charge is 0.508 e. The lowest BCUT2D eigenvalue weighted by Gasteiger charge is -2.28. The van der Waals surface area contributed by atoms with Gasteiger partial charge in [-0.2, -0.15) is 0 Å². The molecule has 0 saturated heterocycles. The average Bonchev–Trinajstić information content (AvgIpc) is 3.06. The summed E-state index contributed by atoms with van der Waals surface area (Å²) in [6, 6.07) is 20.9. The molecule has 7 N–H and O–H groups in total. The van der Waals surface area contributed by atoms with Gasteiger partial charge in [0.25, 0.3) is 0 Å². The van der Waals surface area contributed by atoms with Crippen LogP contribution in [0.1, 0.15) is 57.2 Å². The Morgan fingerprint density at radius 1 is 0.612 bits per heavy atom.